The minimum absolute atomic E-state index is 0.0130. The molecule has 7 heteroatoms. The van der Waals surface area contributed by atoms with E-state index < -0.39 is 0 Å². The molecule has 0 aliphatic carbocycles. The van der Waals surface area contributed by atoms with Crippen LogP contribution in [0.1, 0.15) is 43.1 Å². The van der Waals surface area contributed by atoms with Crippen LogP contribution < -0.4 is 11.0 Å². The first-order valence-corrected chi connectivity index (χ1v) is 9.74. The Kier molecular flexibility index (Phi) is 4.90. The molecule has 2 N–H and O–H groups in total. The van der Waals surface area contributed by atoms with Crippen LogP contribution in [0.3, 0.4) is 0 Å². The molecule has 0 radical (unpaired) electrons. The number of piperidine rings is 1. The number of aromatic amines is 1. The van der Waals surface area contributed by atoms with Gasteiger partial charge in [-0.15, -0.1) is 0 Å². The molecule has 28 heavy (non-hydrogen) atoms. The van der Waals surface area contributed by atoms with Crippen LogP contribution in [0.25, 0.3) is 11.0 Å². The number of nitrogens with zero attached hydrogens (tertiary/aromatic N) is 3. The van der Waals surface area contributed by atoms with E-state index in [2.05, 4.69) is 15.3 Å². The van der Waals surface area contributed by atoms with Crippen molar-refractivity contribution < 1.29 is 4.79 Å². The number of pyridine rings is 1. The van der Waals surface area contributed by atoms with Crippen molar-refractivity contribution in [3.8, 4) is 0 Å². The number of para-hydroxylation sites is 2. The molecule has 0 unspecified atom stereocenters. The fourth-order valence-electron chi connectivity index (χ4n) is 3.90. The normalized spacial score (nSPS) is 15.3. The van der Waals surface area contributed by atoms with E-state index in [1.54, 1.807) is 12.3 Å². The molecule has 1 aliphatic heterocycles. The molecular formula is C21H25N5O2. The van der Waals surface area contributed by atoms with Gasteiger partial charge in [0.2, 0.25) is 0 Å². The zero-order valence-electron chi connectivity index (χ0n) is 16.2. The molecule has 0 bridgehead atoms. The van der Waals surface area contributed by atoms with Crippen molar-refractivity contribution in [2.75, 3.05) is 18.4 Å². The van der Waals surface area contributed by atoms with Gasteiger partial charge in [-0.1, -0.05) is 12.1 Å². The molecule has 3 aromatic rings. The van der Waals surface area contributed by atoms with E-state index in [1.807, 2.05) is 53.6 Å². The highest BCUT2D eigenvalue weighted by atomic mass is 16.2. The predicted molar refractivity (Wildman–Crippen MR) is 110 cm³/mol. The first-order chi connectivity index (χ1) is 13.5. The van der Waals surface area contributed by atoms with Crippen molar-refractivity contribution in [3.63, 3.8) is 0 Å². The molecule has 1 aliphatic rings. The van der Waals surface area contributed by atoms with Gasteiger partial charge in [0.1, 0.15) is 5.82 Å². The van der Waals surface area contributed by atoms with Crippen molar-refractivity contribution in [1.29, 1.82) is 0 Å². The topological polar surface area (TPSA) is 83.0 Å². The predicted octanol–water partition coefficient (Wildman–Crippen LogP) is 3.02. The van der Waals surface area contributed by atoms with Crippen LogP contribution in [0, 0.1) is 0 Å². The zero-order valence-corrected chi connectivity index (χ0v) is 16.2. The number of rotatable bonds is 4. The highest BCUT2D eigenvalue weighted by Crippen LogP contribution is 2.26. The second-order valence-electron chi connectivity index (χ2n) is 7.54. The summed E-state index contributed by atoms with van der Waals surface area (Å²) in [5, 5.41) is 3.24. The van der Waals surface area contributed by atoms with Crippen LogP contribution in [0.4, 0.5) is 5.82 Å². The largest absolute Gasteiger partial charge is 0.367 e. The van der Waals surface area contributed by atoms with Crippen LogP contribution in [-0.2, 0) is 0 Å². The number of imidazole rings is 1. The zero-order chi connectivity index (χ0) is 19.7. The summed E-state index contributed by atoms with van der Waals surface area (Å²) in [5.74, 6) is 0.610. The third kappa shape index (κ3) is 3.40. The quantitative estimate of drug-likeness (QED) is 0.730. The molecule has 1 fully saturated rings. The number of benzene rings is 1. The summed E-state index contributed by atoms with van der Waals surface area (Å²) in [6.07, 6.45) is 3.19. The molecule has 0 saturated carbocycles. The van der Waals surface area contributed by atoms with Crippen LogP contribution in [0.15, 0.2) is 47.4 Å². The number of likely N-dealkylation sites (tertiary alicyclic amines) is 1. The molecule has 4 rings (SSSR count). The maximum Gasteiger partial charge on any atom is 0.326 e. The fourth-order valence-corrected chi connectivity index (χ4v) is 3.90. The molecule has 146 valence electrons. The van der Waals surface area contributed by atoms with E-state index in [1.165, 1.54) is 0 Å². The molecule has 0 atom stereocenters. The summed E-state index contributed by atoms with van der Waals surface area (Å²) in [4.78, 5) is 34.6. The van der Waals surface area contributed by atoms with Gasteiger partial charge in [-0.05, 0) is 51.0 Å². The molecule has 1 saturated heterocycles. The van der Waals surface area contributed by atoms with E-state index in [4.69, 9.17) is 0 Å². The summed E-state index contributed by atoms with van der Waals surface area (Å²) in [7, 11) is 0. The molecule has 2 aromatic heterocycles. The maximum absolute atomic E-state index is 13.0. The number of H-pyrrole nitrogens is 1. The van der Waals surface area contributed by atoms with Crippen LogP contribution in [-0.4, -0.2) is 44.5 Å². The lowest BCUT2D eigenvalue weighted by molar-refractivity contribution is 0.0695. The second kappa shape index (κ2) is 7.50. The van der Waals surface area contributed by atoms with Gasteiger partial charge in [0.15, 0.2) is 0 Å². The highest BCUT2D eigenvalue weighted by molar-refractivity contribution is 5.98. The van der Waals surface area contributed by atoms with Gasteiger partial charge >= 0.3 is 5.69 Å². The smallest absolute Gasteiger partial charge is 0.326 e. The van der Waals surface area contributed by atoms with E-state index in [0.29, 0.717) is 24.5 Å². The molecular weight excluding hydrogens is 354 g/mol. The average Bonchev–Trinajstić information content (AvgIpc) is 3.03. The van der Waals surface area contributed by atoms with Gasteiger partial charge < -0.3 is 15.2 Å². The molecule has 7 nitrogen and oxygen atoms in total. The molecule has 0 spiro atoms. The van der Waals surface area contributed by atoms with E-state index >= 15 is 0 Å². The number of anilines is 1. The lowest BCUT2D eigenvalue weighted by Crippen LogP contribution is -2.40. The summed E-state index contributed by atoms with van der Waals surface area (Å²) in [5.41, 5.74) is 2.29. The number of hydrogen-bond acceptors (Lipinski definition) is 4. The lowest BCUT2D eigenvalue weighted by atomic mass is 10.0. The van der Waals surface area contributed by atoms with Gasteiger partial charge in [0, 0.05) is 31.4 Å². The third-order valence-corrected chi connectivity index (χ3v) is 5.20. The number of fused-ring (bicyclic) bond motifs is 1. The van der Waals surface area contributed by atoms with Crippen LogP contribution >= 0.6 is 0 Å². The standard InChI is InChI=1S/C21H25N5O2/c1-14(2)23-19-16(6-5-11-22-19)20(27)25-12-9-15(10-13-25)26-18-8-4-3-7-17(18)24-21(26)28/h3-8,11,14-15H,9-10,12-13H2,1-2H3,(H,22,23)(H,24,28). The SMILES string of the molecule is CC(C)Nc1ncccc1C(=O)N1CCC(n2c(=O)[nH]c3ccccc32)CC1. The van der Waals surface area contributed by atoms with Gasteiger partial charge in [-0.25, -0.2) is 9.78 Å². The Morgan fingerprint density at radius 3 is 2.68 bits per heavy atom. The number of hydrogen-bond donors (Lipinski definition) is 2. The first kappa shape index (κ1) is 18.3. The number of aromatic nitrogens is 3. The van der Waals surface area contributed by atoms with Gasteiger partial charge in [-0.2, -0.15) is 0 Å². The Balaban J connectivity index is 1.51. The number of amides is 1. The molecule has 1 amide bonds. The Bertz CT molecular complexity index is 1040. The Labute approximate surface area is 163 Å². The van der Waals surface area contributed by atoms with Crippen molar-refractivity contribution in [2.24, 2.45) is 0 Å². The average molecular weight is 379 g/mol. The molecule has 1 aromatic carbocycles. The van der Waals surface area contributed by atoms with E-state index in [9.17, 15) is 9.59 Å². The third-order valence-electron chi connectivity index (χ3n) is 5.20. The minimum Gasteiger partial charge on any atom is -0.367 e. The van der Waals surface area contributed by atoms with Gasteiger partial charge in [-0.3, -0.25) is 9.36 Å². The van der Waals surface area contributed by atoms with Crippen LogP contribution in [0.2, 0.25) is 0 Å². The van der Waals surface area contributed by atoms with Gasteiger partial charge in [0.05, 0.1) is 16.6 Å². The summed E-state index contributed by atoms with van der Waals surface area (Å²) < 4.78 is 1.84. The molecule has 3 heterocycles. The van der Waals surface area contributed by atoms with Crippen molar-refractivity contribution in [1.82, 2.24) is 19.4 Å². The van der Waals surface area contributed by atoms with Crippen molar-refractivity contribution in [2.45, 2.75) is 38.8 Å². The van der Waals surface area contributed by atoms with E-state index in [0.717, 1.165) is 23.9 Å². The summed E-state index contributed by atoms with van der Waals surface area (Å²) in [6, 6.07) is 11.6. The van der Waals surface area contributed by atoms with Crippen molar-refractivity contribution >= 4 is 22.8 Å². The van der Waals surface area contributed by atoms with E-state index in [-0.39, 0.29) is 23.7 Å². The highest BCUT2D eigenvalue weighted by Gasteiger charge is 2.27. The number of carbonyl (C=O) groups excluding carboxylic acids is 1. The number of carbonyl (C=O) groups is 1. The summed E-state index contributed by atoms with van der Waals surface area (Å²) >= 11 is 0. The van der Waals surface area contributed by atoms with Crippen molar-refractivity contribution in [3.05, 3.63) is 58.6 Å². The lowest BCUT2D eigenvalue weighted by Gasteiger charge is -2.33. The maximum atomic E-state index is 13.0. The number of nitrogens with one attached hydrogen (secondary N) is 2. The Morgan fingerprint density at radius 2 is 1.93 bits per heavy atom. The van der Waals surface area contributed by atoms with Gasteiger partial charge in [0.25, 0.3) is 5.91 Å². The monoisotopic (exact) mass is 379 g/mol. The minimum atomic E-state index is -0.0818. The Hall–Kier alpha value is -3.09. The first-order valence-electron chi connectivity index (χ1n) is 9.74. The summed E-state index contributed by atoms with van der Waals surface area (Å²) in [6.45, 7) is 5.28. The fraction of sp³-hybridized carbons (Fsp3) is 0.381. The second-order valence-corrected chi connectivity index (χ2v) is 7.54. The van der Waals surface area contributed by atoms with Crippen LogP contribution in [0.5, 0.6) is 0 Å². The Morgan fingerprint density at radius 1 is 1.18 bits per heavy atom.